The Morgan fingerprint density at radius 3 is 2.00 bits per heavy atom. The van der Waals surface area contributed by atoms with Crippen LogP contribution in [-0.2, 0) is 0 Å². The third-order valence-corrected chi connectivity index (χ3v) is 1.41. The van der Waals surface area contributed by atoms with Crippen LogP contribution in [0.15, 0.2) is 43.1 Å². The molecule has 76 valence electrons. The molecule has 2 rings (SSSR count). The number of carbonyl (C=O) groups excluding carboxylic acids is 1. The van der Waals surface area contributed by atoms with E-state index in [0.717, 1.165) is 0 Å². The first-order valence-corrected chi connectivity index (χ1v) is 4.29. The van der Waals surface area contributed by atoms with Gasteiger partial charge in [-0.1, -0.05) is 0 Å². The van der Waals surface area contributed by atoms with E-state index < -0.39 is 0 Å². The number of Topliss-reactive ketones (excluding diaryl/α,β-unsaturated/α-hetero) is 1. The van der Waals surface area contributed by atoms with Crippen molar-refractivity contribution in [1.29, 1.82) is 0 Å². The average molecular weight is 202 g/mol. The van der Waals surface area contributed by atoms with Crippen LogP contribution in [0.25, 0.3) is 0 Å². The molecule has 0 aliphatic rings. The van der Waals surface area contributed by atoms with Crippen molar-refractivity contribution in [2.75, 3.05) is 0 Å². The summed E-state index contributed by atoms with van der Waals surface area (Å²) in [5, 5.41) is 7.07. The van der Waals surface area contributed by atoms with Crippen LogP contribution < -0.4 is 0 Å². The van der Waals surface area contributed by atoms with E-state index in [9.17, 15) is 4.79 Å². The first kappa shape index (κ1) is 10.9. The van der Waals surface area contributed by atoms with Crippen molar-refractivity contribution in [3.63, 3.8) is 0 Å². The van der Waals surface area contributed by atoms with Gasteiger partial charge in [-0.25, -0.2) is 4.98 Å². The number of hydrogen-bond donors (Lipinski definition) is 0. The fourth-order valence-corrected chi connectivity index (χ4v) is 0.734. The van der Waals surface area contributed by atoms with Crippen molar-refractivity contribution in [3.8, 4) is 0 Å². The van der Waals surface area contributed by atoms with Crippen LogP contribution in [0.4, 0.5) is 0 Å². The summed E-state index contributed by atoms with van der Waals surface area (Å²) < 4.78 is 0. The van der Waals surface area contributed by atoms with Crippen LogP contribution in [0.2, 0.25) is 0 Å². The summed E-state index contributed by atoms with van der Waals surface area (Å²) in [7, 11) is 0. The molecule has 0 amide bonds. The van der Waals surface area contributed by atoms with Gasteiger partial charge in [-0.05, 0) is 12.1 Å². The molecule has 2 aromatic heterocycles. The third-order valence-electron chi connectivity index (χ3n) is 1.41. The molecule has 0 aliphatic carbocycles. The molecule has 0 spiro atoms. The predicted molar refractivity (Wildman–Crippen MR) is 54.1 cm³/mol. The molecule has 0 saturated carbocycles. The van der Waals surface area contributed by atoms with Gasteiger partial charge in [-0.3, -0.25) is 9.78 Å². The molecule has 5 heteroatoms. The van der Waals surface area contributed by atoms with E-state index in [-0.39, 0.29) is 5.78 Å². The van der Waals surface area contributed by atoms with Gasteiger partial charge in [0.2, 0.25) is 0 Å². The van der Waals surface area contributed by atoms with Crippen LogP contribution >= 0.6 is 0 Å². The van der Waals surface area contributed by atoms with Gasteiger partial charge in [-0.2, -0.15) is 10.2 Å². The zero-order valence-corrected chi connectivity index (χ0v) is 8.24. The third kappa shape index (κ3) is 4.56. The Morgan fingerprint density at radius 2 is 1.73 bits per heavy atom. The summed E-state index contributed by atoms with van der Waals surface area (Å²) in [6, 6.07) is 3.65. The molecule has 0 aliphatic heterocycles. The highest BCUT2D eigenvalue weighted by atomic mass is 16.1. The van der Waals surface area contributed by atoms with Crippen molar-refractivity contribution in [1.82, 2.24) is 20.2 Å². The largest absolute Gasteiger partial charge is 0.293 e. The standard InChI is InChI=1S/C6H6N2O.C4H4N2/c1-5(9)6-4-7-2-3-8-6;1-2-4-6-5-3-1/h2-4H,1H3;1-4H. The van der Waals surface area contributed by atoms with Crippen molar-refractivity contribution in [2.24, 2.45) is 0 Å². The van der Waals surface area contributed by atoms with Gasteiger partial charge < -0.3 is 0 Å². The molecular weight excluding hydrogens is 192 g/mol. The maximum atomic E-state index is 10.5. The zero-order chi connectivity index (χ0) is 10.9. The summed E-state index contributed by atoms with van der Waals surface area (Å²) in [4.78, 5) is 18.0. The minimum Gasteiger partial charge on any atom is -0.293 e. The van der Waals surface area contributed by atoms with Gasteiger partial charge in [-0.15, -0.1) is 0 Å². The van der Waals surface area contributed by atoms with E-state index in [1.807, 2.05) is 12.1 Å². The number of hydrogen-bond acceptors (Lipinski definition) is 5. The lowest BCUT2D eigenvalue weighted by atomic mass is 10.3. The van der Waals surface area contributed by atoms with Crippen molar-refractivity contribution in [2.45, 2.75) is 6.92 Å². The SMILES string of the molecule is CC(=O)c1cnccn1.c1ccnnc1. The molecular formula is C10H10N4O. The lowest BCUT2D eigenvalue weighted by Gasteiger charge is -1.87. The lowest BCUT2D eigenvalue weighted by Crippen LogP contribution is -1.95. The number of nitrogens with zero attached hydrogens (tertiary/aromatic N) is 4. The van der Waals surface area contributed by atoms with Gasteiger partial charge in [0.15, 0.2) is 5.78 Å². The molecule has 2 aromatic rings. The molecule has 0 fully saturated rings. The first-order chi connectivity index (χ1) is 7.30. The van der Waals surface area contributed by atoms with Gasteiger partial charge in [0, 0.05) is 31.7 Å². The topological polar surface area (TPSA) is 68.6 Å². The molecule has 0 bridgehead atoms. The Hall–Kier alpha value is -2.17. The summed E-state index contributed by atoms with van der Waals surface area (Å²) in [5.74, 6) is -0.0527. The Bertz CT molecular complexity index is 364. The summed E-state index contributed by atoms with van der Waals surface area (Å²) in [5.41, 5.74) is 0.414. The molecule has 15 heavy (non-hydrogen) atoms. The Balaban J connectivity index is 0.000000162. The maximum Gasteiger partial charge on any atom is 0.179 e. The number of ketones is 1. The van der Waals surface area contributed by atoms with Crippen LogP contribution in [0.1, 0.15) is 17.4 Å². The van der Waals surface area contributed by atoms with Crippen LogP contribution in [0.3, 0.4) is 0 Å². The minimum atomic E-state index is -0.0527. The fourth-order valence-electron chi connectivity index (χ4n) is 0.734. The quantitative estimate of drug-likeness (QED) is 0.649. The van der Waals surface area contributed by atoms with E-state index in [0.29, 0.717) is 5.69 Å². The van der Waals surface area contributed by atoms with Gasteiger partial charge in [0.1, 0.15) is 5.69 Å². The number of carbonyl (C=O) groups is 1. The smallest absolute Gasteiger partial charge is 0.179 e. The molecule has 0 unspecified atom stereocenters. The minimum absolute atomic E-state index is 0.0527. The summed E-state index contributed by atoms with van der Waals surface area (Å²) >= 11 is 0. The molecule has 0 atom stereocenters. The van der Waals surface area contributed by atoms with E-state index >= 15 is 0 Å². The Labute approximate surface area is 87.2 Å². The normalized spacial score (nSPS) is 8.60. The molecule has 0 aromatic carbocycles. The van der Waals surface area contributed by atoms with Crippen LogP contribution in [0.5, 0.6) is 0 Å². The average Bonchev–Trinajstić information content (AvgIpc) is 2.33. The summed E-state index contributed by atoms with van der Waals surface area (Å²) in [6.45, 7) is 1.46. The van der Waals surface area contributed by atoms with Crippen molar-refractivity contribution >= 4 is 5.78 Å². The number of rotatable bonds is 1. The highest BCUT2D eigenvalue weighted by Crippen LogP contribution is 1.88. The fraction of sp³-hybridized carbons (Fsp3) is 0.100. The molecule has 2 heterocycles. The molecule has 0 N–H and O–H groups in total. The molecule has 5 nitrogen and oxygen atoms in total. The van der Waals surface area contributed by atoms with Crippen LogP contribution in [0, 0.1) is 0 Å². The highest BCUT2D eigenvalue weighted by Gasteiger charge is 1.96. The van der Waals surface area contributed by atoms with Gasteiger partial charge in [0.05, 0.1) is 6.20 Å². The first-order valence-electron chi connectivity index (χ1n) is 4.29. The second-order valence-corrected chi connectivity index (χ2v) is 2.56. The Morgan fingerprint density at radius 1 is 1.07 bits per heavy atom. The zero-order valence-electron chi connectivity index (χ0n) is 8.24. The van der Waals surface area contributed by atoms with E-state index in [1.165, 1.54) is 25.5 Å². The predicted octanol–water partition coefficient (Wildman–Crippen LogP) is 1.16. The second-order valence-electron chi connectivity index (χ2n) is 2.56. The van der Waals surface area contributed by atoms with Gasteiger partial charge in [0.25, 0.3) is 0 Å². The van der Waals surface area contributed by atoms with E-state index in [2.05, 4.69) is 20.2 Å². The van der Waals surface area contributed by atoms with E-state index in [1.54, 1.807) is 12.4 Å². The Kier molecular flexibility index (Phi) is 4.59. The highest BCUT2D eigenvalue weighted by molar-refractivity contribution is 5.91. The molecule has 0 saturated heterocycles. The van der Waals surface area contributed by atoms with E-state index in [4.69, 9.17) is 0 Å². The molecule has 0 radical (unpaired) electrons. The second kappa shape index (κ2) is 6.31. The van der Waals surface area contributed by atoms with Crippen LogP contribution in [-0.4, -0.2) is 25.9 Å². The summed E-state index contributed by atoms with van der Waals surface area (Å²) in [6.07, 6.45) is 7.76. The maximum absolute atomic E-state index is 10.5. The van der Waals surface area contributed by atoms with Crippen molar-refractivity contribution < 1.29 is 4.79 Å². The van der Waals surface area contributed by atoms with Gasteiger partial charge >= 0.3 is 0 Å². The lowest BCUT2D eigenvalue weighted by molar-refractivity contribution is 0.101. The monoisotopic (exact) mass is 202 g/mol. The van der Waals surface area contributed by atoms with Crippen molar-refractivity contribution in [3.05, 3.63) is 48.8 Å². The number of aromatic nitrogens is 4.